The smallest absolute Gasteiger partial charge is 0.200 e. The number of halogens is 5. The summed E-state index contributed by atoms with van der Waals surface area (Å²) in [5, 5.41) is 2.16. The first-order valence-corrected chi connectivity index (χ1v) is 4.85. The fourth-order valence-corrected chi connectivity index (χ4v) is 1.12. The van der Waals surface area contributed by atoms with E-state index in [-0.39, 0.29) is 19.0 Å². The average Bonchev–Trinajstić information content (AvgIpc) is 2.33. The number of benzene rings is 1. The van der Waals surface area contributed by atoms with Gasteiger partial charge in [-0.2, -0.15) is 0 Å². The molecule has 0 bridgehead atoms. The molecular formula is C10H11F5N2. The number of anilines is 1. The van der Waals surface area contributed by atoms with Gasteiger partial charge in [-0.3, -0.25) is 0 Å². The number of hydrogen-bond donors (Lipinski definition) is 2. The van der Waals surface area contributed by atoms with Gasteiger partial charge in [0.25, 0.3) is 0 Å². The van der Waals surface area contributed by atoms with E-state index in [0.29, 0.717) is 0 Å². The van der Waals surface area contributed by atoms with Crippen molar-refractivity contribution >= 4 is 5.69 Å². The number of nitrogens with one attached hydrogen (secondary N) is 1. The average molecular weight is 254 g/mol. The number of nitrogens with two attached hydrogens (primary N) is 1. The van der Waals surface area contributed by atoms with Crippen molar-refractivity contribution < 1.29 is 22.0 Å². The minimum atomic E-state index is -2.17. The van der Waals surface area contributed by atoms with Gasteiger partial charge < -0.3 is 11.1 Å². The molecule has 0 aliphatic heterocycles. The van der Waals surface area contributed by atoms with Crippen molar-refractivity contribution in [2.75, 3.05) is 18.4 Å². The van der Waals surface area contributed by atoms with Crippen molar-refractivity contribution in [1.82, 2.24) is 0 Å². The highest BCUT2D eigenvalue weighted by Crippen LogP contribution is 2.27. The van der Waals surface area contributed by atoms with E-state index in [1.165, 1.54) is 0 Å². The van der Waals surface area contributed by atoms with Gasteiger partial charge in [0.05, 0.1) is 0 Å². The molecule has 1 unspecified atom stereocenters. The molecule has 0 saturated heterocycles. The molecule has 0 aromatic heterocycles. The molecule has 0 heterocycles. The van der Waals surface area contributed by atoms with Gasteiger partial charge in [-0.05, 0) is 12.5 Å². The first kappa shape index (κ1) is 13.7. The van der Waals surface area contributed by atoms with Crippen LogP contribution in [0.1, 0.15) is 6.92 Å². The van der Waals surface area contributed by atoms with Crippen LogP contribution >= 0.6 is 0 Å². The van der Waals surface area contributed by atoms with Gasteiger partial charge in [0.2, 0.25) is 5.82 Å². The summed E-state index contributed by atoms with van der Waals surface area (Å²) in [7, 11) is 0. The monoisotopic (exact) mass is 254 g/mol. The fraction of sp³-hybridized carbons (Fsp3) is 0.400. The van der Waals surface area contributed by atoms with Crippen LogP contribution in [0.2, 0.25) is 0 Å². The molecule has 0 fully saturated rings. The number of rotatable bonds is 4. The van der Waals surface area contributed by atoms with Crippen LogP contribution in [0.3, 0.4) is 0 Å². The lowest BCUT2D eigenvalue weighted by Crippen LogP contribution is -2.21. The minimum absolute atomic E-state index is 0.00878. The summed E-state index contributed by atoms with van der Waals surface area (Å²) in [6, 6.07) is 0. The Bertz CT molecular complexity index is 393. The van der Waals surface area contributed by atoms with E-state index in [1.807, 2.05) is 0 Å². The maximum absolute atomic E-state index is 13.1. The van der Waals surface area contributed by atoms with Crippen LogP contribution in [0.5, 0.6) is 0 Å². The van der Waals surface area contributed by atoms with E-state index in [4.69, 9.17) is 5.73 Å². The quantitative estimate of drug-likeness (QED) is 0.492. The van der Waals surface area contributed by atoms with Crippen molar-refractivity contribution in [1.29, 1.82) is 0 Å². The third kappa shape index (κ3) is 2.66. The molecule has 0 aliphatic rings. The van der Waals surface area contributed by atoms with Gasteiger partial charge in [0.1, 0.15) is 5.69 Å². The molecule has 17 heavy (non-hydrogen) atoms. The van der Waals surface area contributed by atoms with Gasteiger partial charge in [0.15, 0.2) is 23.3 Å². The molecule has 0 spiro atoms. The summed E-state index contributed by atoms with van der Waals surface area (Å²) in [5.41, 5.74) is 4.23. The molecular weight excluding hydrogens is 243 g/mol. The Kier molecular flexibility index (Phi) is 4.28. The highest BCUT2D eigenvalue weighted by atomic mass is 19.2. The second kappa shape index (κ2) is 5.31. The molecule has 0 aliphatic carbocycles. The Morgan fingerprint density at radius 3 is 1.76 bits per heavy atom. The largest absolute Gasteiger partial charge is 0.380 e. The normalized spacial score (nSPS) is 12.6. The Hall–Kier alpha value is -1.37. The fourth-order valence-electron chi connectivity index (χ4n) is 1.12. The zero-order valence-electron chi connectivity index (χ0n) is 8.96. The Morgan fingerprint density at radius 2 is 1.35 bits per heavy atom. The molecule has 0 saturated carbocycles. The zero-order chi connectivity index (χ0) is 13.2. The molecule has 1 aromatic carbocycles. The lowest BCUT2D eigenvalue weighted by atomic mass is 10.1. The summed E-state index contributed by atoms with van der Waals surface area (Å²) in [6.07, 6.45) is 0. The van der Waals surface area contributed by atoms with E-state index in [1.54, 1.807) is 6.92 Å². The maximum Gasteiger partial charge on any atom is 0.200 e. The zero-order valence-corrected chi connectivity index (χ0v) is 8.96. The van der Waals surface area contributed by atoms with Crippen molar-refractivity contribution in [3.8, 4) is 0 Å². The van der Waals surface area contributed by atoms with Gasteiger partial charge in [-0.1, -0.05) is 6.92 Å². The molecule has 1 aromatic rings. The maximum atomic E-state index is 13.1. The Labute approximate surface area is 94.6 Å². The summed E-state index contributed by atoms with van der Waals surface area (Å²) >= 11 is 0. The second-order valence-corrected chi connectivity index (χ2v) is 3.67. The van der Waals surface area contributed by atoms with E-state index < -0.39 is 34.8 Å². The summed E-state index contributed by atoms with van der Waals surface area (Å²) in [4.78, 5) is 0. The lowest BCUT2D eigenvalue weighted by Gasteiger charge is -2.13. The van der Waals surface area contributed by atoms with Crippen molar-refractivity contribution in [2.24, 2.45) is 11.7 Å². The van der Waals surface area contributed by atoms with E-state index in [9.17, 15) is 22.0 Å². The lowest BCUT2D eigenvalue weighted by molar-refractivity contribution is 0.381. The molecule has 1 rings (SSSR count). The van der Waals surface area contributed by atoms with Gasteiger partial charge >= 0.3 is 0 Å². The number of hydrogen-bond acceptors (Lipinski definition) is 2. The summed E-state index contributed by atoms with van der Waals surface area (Å²) in [5.74, 6) is -10.0. The van der Waals surface area contributed by atoms with Crippen molar-refractivity contribution in [3.63, 3.8) is 0 Å². The molecule has 3 N–H and O–H groups in total. The molecule has 1 atom stereocenters. The van der Waals surface area contributed by atoms with Crippen LogP contribution in [0, 0.1) is 35.0 Å². The molecule has 0 radical (unpaired) electrons. The second-order valence-electron chi connectivity index (χ2n) is 3.67. The minimum Gasteiger partial charge on any atom is -0.380 e. The molecule has 7 heteroatoms. The van der Waals surface area contributed by atoms with Crippen molar-refractivity contribution in [2.45, 2.75) is 6.92 Å². The van der Waals surface area contributed by atoms with Crippen LogP contribution in [-0.4, -0.2) is 13.1 Å². The topological polar surface area (TPSA) is 38.0 Å². The first-order valence-electron chi connectivity index (χ1n) is 4.85. The SMILES string of the molecule is CC(CN)CNc1c(F)c(F)c(F)c(F)c1F. The Balaban J connectivity index is 3.07. The summed E-state index contributed by atoms with van der Waals surface area (Å²) in [6.45, 7) is 1.90. The Morgan fingerprint density at radius 1 is 0.941 bits per heavy atom. The summed E-state index contributed by atoms with van der Waals surface area (Å²) < 4.78 is 64.5. The van der Waals surface area contributed by atoms with Gasteiger partial charge in [-0.15, -0.1) is 0 Å². The molecule has 2 nitrogen and oxygen atoms in total. The highest BCUT2D eigenvalue weighted by Gasteiger charge is 2.25. The predicted octanol–water partition coefficient (Wildman–Crippen LogP) is 2.39. The predicted molar refractivity (Wildman–Crippen MR) is 52.9 cm³/mol. The van der Waals surface area contributed by atoms with E-state index in [0.717, 1.165) is 0 Å². The van der Waals surface area contributed by atoms with Crippen LogP contribution in [-0.2, 0) is 0 Å². The highest BCUT2D eigenvalue weighted by molar-refractivity contribution is 5.47. The third-order valence-corrected chi connectivity index (χ3v) is 2.24. The van der Waals surface area contributed by atoms with E-state index in [2.05, 4.69) is 5.32 Å². The third-order valence-electron chi connectivity index (χ3n) is 2.24. The van der Waals surface area contributed by atoms with Crippen LogP contribution < -0.4 is 11.1 Å². The van der Waals surface area contributed by atoms with Gasteiger partial charge in [0, 0.05) is 6.54 Å². The molecule has 96 valence electrons. The van der Waals surface area contributed by atoms with Crippen molar-refractivity contribution in [3.05, 3.63) is 29.1 Å². The van der Waals surface area contributed by atoms with E-state index >= 15 is 0 Å². The van der Waals surface area contributed by atoms with Crippen LogP contribution in [0.4, 0.5) is 27.6 Å². The van der Waals surface area contributed by atoms with Gasteiger partial charge in [-0.25, -0.2) is 22.0 Å². The first-order chi connectivity index (χ1) is 7.90. The van der Waals surface area contributed by atoms with Crippen LogP contribution in [0.25, 0.3) is 0 Å². The van der Waals surface area contributed by atoms with Crippen LogP contribution in [0.15, 0.2) is 0 Å². The standard InChI is InChI=1S/C10H11F5N2/c1-4(2-16)3-17-10-8(14)6(12)5(11)7(13)9(10)15/h4,17H,2-3,16H2,1H3. The molecule has 0 amide bonds.